The third kappa shape index (κ3) is 1.67. The lowest BCUT2D eigenvalue weighted by atomic mass is 10.4. The lowest BCUT2D eigenvalue weighted by molar-refractivity contribution is -0.173. The van der Waals surface area contributed by atoms with E-state index in [0.717, 1.165) is 0 Å². The van der Waals surface area contributed by atoms with Crippen LogP contribution in [0.2, 0.25) is 0 Å². The van der Waals surface area contributed by atoms with Gasteiger partial charge in [-0.2, -0.15) is 0 Å². The molecule has 1 aliphatic rings. The summed E-state index contributed by atoms with van der Waals surface area (Å²) in [7, 11) is 3.01. The van der Waals surface area contributed by atoms with Gasteiger partial charge in [0, 0.05) is 26.8 Å². The largest absolute Gasteiger partial charge is 0.338 e. The van der Waals surface area contributed by atoms with Crippen molar-refractivity contribution in [2.24, 2.45) is 0 Å². The van der Waals surface area contributed by atoms with E-state index in [0.29, 0.717) is 6.54 Å². The number of amides is 2. The zero-order chi connectivity index (χ0) is 9.14. The molecule has 1 atom stereocenters. The van der Waals surface area contributed by atoms with Crippen molar-refractivity contribution in [3.63, 3.8) is 0 Å². The van der Waals surface area contributed by atoms with E-state index in [1.807, 2.05) is 6.92 Å². The molecule has 1 heterocycles. The summed E-state index contributed by atoms with van der Waals surface area (Å²) in [5, 5.41) is 2.74. The lowest BCUT2D eigenvalue weighted by Gasteiger charge is -2.23. The second-order valence-electron chi connectivity index (χ2n) is 2.78. The molecule has 2 amide bonds. The van der Waals surface area contributed by atoms with E-state index in [1.54, 1.807) is 0 Å². The molecule has 0 aromatic rings. The molecule has 0 saturated carbocycles. The molecule has 1 N–H and O–H groups in total. The Bertz CT molecular complexity index is 170. The number of hydrogen-bond acceptors (Lipinski definition) is 3. The van der Waals surface area contributed by atoms with Crippen molar-refractivity contribution < 1.29 is 14.3 Å². The van der Waals surface area contributed by atoms with E-state index in [9.17, 15) is 4.79 Å². The Morgan fingerprint density at radius 3 is 2.50 bits per heavy atom. The molecular formula is C7H14N2O3. The first-order valence-corrected chi connectivity index (χ1v) is 3.81. The predicted molar refractivity (Wildman–Crippen MR) is 42.5 cm³/mol. The molecule has 70 valence electrons. The average Bonchev–Trinajstić information content (AvgIpc) is 2.34. The minimum atomic E-state index is -0.574. The van der Waals surface area contributed by atoms with Crippen LogP contribution in [0.5, 0.6) is 0 Å². The van der Waals surface area contributed by atoms with Crippen molar-refractivity contribution in [2.75, 3.05) is 20.8 Å². The zero-order valence-electron chi connectivity index (χ0n) is 7.53. The van der Waals surface area contributed by atoms with Crippen LogP contribution in [0.15, 0.2) is 0 Å². The lowest BCUT2D eigenvalue weighted by Crippen LogP contribution is -2.40. The Hall–Kier alpha value is -0.810. The fraction of sp³-hybridized carbons (Fsp3) is 0.857. The number of carbonyl (C=O) groups is 1. The van der Waals surface area contributed by atoms with Crippen molar-refractivity contribution in [1.29, 1.82) is 0 Å². The van der Waals surface area contributed by atoms with E-state index in [1.165, 1.54) is 19.1 Å². The molecule has 0 bridgehead atoms. The van der Waals surface area contributed by atoms with Gasteiger partial charge in [0.2, 0.25) is 6.41 Å². The highest BCUT2D eigenvalue weighted by Gasteiger charge is 2.31. The maximum absolute atomic E-state index is 11.2. The molecule has 5 nitrogen and oxygen atoms in total. The maximum Gasteiger partial charge on any atom is 0.321 e. The van der Waals surface area contributed by atoms with E-state index in [4.69, 9.17) is 9.47 Å². The van der Waals surface area contributed by atoms with Gasteiger partial charge in [0.05, 0.1) is 0 Å². The van der Waals surface area contributed by atoms with Gasteiger partial charge in [-0.25, -0.2) is 4.79 Å². The Kier molecular flexibility index (Phi) is 2.88. The fourth-order valence-electron chi connectivity index (χ4n) is 1.25. The van der Waals surface area contributed by atoms with Crippen LogP contribution >= 0.6 is 0 Å². The first-order valence-electron chi connectivity index (χ1n) is 3.81. The molecule has 0 spiro atoms. The molecule has 0 aromatic carbocycles. The molecule has 1 fully saturated rings. The molecule has 1 unspecified atom stereocenters. The van der Waals surface area contributed by atoms with Gasteiger partial charge in [0.1, 0.15) is 0 Å². The smallest absolute Gasteiger partial charge is 0.321 e. The third-order valence-corrected chi connectivity index (χ3v) is 1.76. The average molecular weight is 174 g/mol. The SMILES string of the molecule is COC(OC)N1CC(C)NC1=O. The highest BCUT2D eigenvalue weighted by molar-refractivity contribution is 5.76. The number of nitrogens with one attached hydrogen (secondary N) is 1. The van der Waals surface area contributed by atoms with Crippen molar-refractivity contribution in [1.82, 2.24) is 10.2 Å². The Morgan fingerprint density at radius 2 is 2.17 bits per heavy atom. The van der Waals surface area contributed by atoms with Crippen LogP contribution in [0.25, 0.3) is 0 Å². The van der Waals surface area contributed by atoms with Crippen LogP contribution < -0.4 is 5.32 Å². The maximum atomic E-state index is 11.2. The number of ether oxygens (including phenoxy) is 2. The highest BCUT2D eigenvalue weighted by atomic mass is 16.7. The van der Waals surface area contributed by atoms with Gasteiger partial charge in [-0.3, -0.25) is 4.90 Å². The summed E-state index contributed by atoms with van der Waals surface area (Å²) in [5.74, 6) is 0. The van der Waals surface area contributed by atoms with Gasteiger partial charge < -0.3 is 14.8 Å². The van der Waals surface area contributed by atoms with Crippen molar-refractivity contribution >= 4 is 6.03 Å². The van der Waals surface area contributed by atoms with Crippen molar-refractivity contribution in [3.8, 4) is 0 Å². The Labute approximate surface area is 71.6 Å². The van der Waals surface area contributed by atoms with Crippen LogP contribution in [-0.2, 0) is 9.47 Å². The molecule has 1 rings (SSSR count). The molecule has 0 aliphatic carbocycles. The predicted octanol–water partition coefficient (Wildman–Crippen LogP) is -0.0235. The van der Waals surface area contributed by atoms with E-state index in [-0.39, 0.29) is 12.1 Å². The van der Waals surface area contributed by atoms with Gasteiger partial charge in [0.15, 0.2) is 0 Å². The summed E-state index contributed by atoms with van der Waals surface area (Å²) in [6.07, 6.45) is -0.574. The summed E-state index contributed by atoms with van der Waals surface area (Å²) in [4.78, 5) is 12.7. The summed E-state index contributed by atoms with van der Waals surface area (Å²) in [5.41, 5.74) is 0. The topological polar surface area (TPSA) is 50.8 Å². The van der Waals surface area contributed by atoms with Gasteiger partial charge in [0.25, 0.3) is 0 Å². The molecule has 5 heteroatoms. The summed E-state index contributed by atoms with van der Waals surface area (Å²) < 4.78 is 9.89. The minimum absolute atomic E-state index is 0.142. The number of nitrogens with zero attached hydrogens (tertiary/aromatic N) is 1. The summed E-state index contributed by atoms with van der Waals surface area (Å²) in [6.45, 7) is 2.55. The van der Waals surface area contributed by atoms with E-state index in [2.05, 4.69) is 5.32 Å². The molecule has 1 aliphatic heterocycles. The van der Waals surface area contributed by atoms with Gasteiger partial charge >= 0.3 is 6.03 Å². The normalized spacial score (nSPS) is 23.5. The summed E-state index contributed by atoms with van der Waals surface area (Å²) >= 11 is 0. The van der Waals surface area contributed by atoms with Crippen LogP contribution in [0.3, 0.4) is 0 Å². The van der Waals surface area contributed by atoms with Gasteiger partial charge in [-0.15, -0.1) is 0 Å². The zero-order valence-corrected chi connectivity index (χ0v) is 7.53. The second kappa shape index (κ2) is 3.73. The second-order valence-corrected chi connectivity index (χ2v) is 2.78. The standard InChI is InChI=1S/C7H14N2O3/c1-5-4-9(6(10)8-5)7(11-2)12-3/h5,7H,4H2,1-3H3,(H,8,10). The number of urea groups is 1. The first kappa shape index (κ1) is 9.28. The molecular weight excluding hydrogens is 160 g/mol. The van der Waals surface area contributed by atoms with E-state index < -0.39 is 6.41 Å². The number of methoxy groups -OCH3 is 2. The molecule has 1 saturated heterocycles. The fourth-order valence-corrected chi connectivity index (χ4v) is 1.25. The monoisotopic (exact) mass is 174 g/mol. The van der Waals surface area contributed by atoms with Gasteiger partial charge in [-0.1, -0.05) is 0 Å². The first-order chi connectivity index (χ1) is 5.69. The van der Waals surface area contributed by atoms with Crippen LogP contribution in [0.1, 0.15) is 6.92 Å². The number of hydrogen-bond donors (Lipinski definition) is 1. The molecule has 12 heavy (non-hydrogen) atoms. The van der Waals surface area contributed by atoms with Gasteiger partial charge in [-0.05, 0) is 6.92 Å². The third-order valence-electron chi connectivity index (χ3n) is 1.76. The Morgan fingerprint density at radius 1 is 1.58 bits per heavy atom. The molecule has 0 radical (unpaired) electrons. The quantitative estimate of drug-likeness (QED) is 0.611. The van der Waals surface area contributed by atoms with Crippen molar-refractivity contribution in [2.45, 2.75) is 19.4 Å². The molecule has 0 aromatic heterocycles. The van der Waals surface area contributed by atoms with Crippen LogP contribution in [0.4, 0.5) is 4.79 Å². The Balaban J connectivity index is 2.56. The van der Waals surface area contributed by atoms with E-state index >= 15 is 0 Å². The van der Waals surface area contributed by atoms with Crippen LogP contribution in [-0.4, -0.2) is 44.2 Å². The highest BCUT2D eigenvalue weighted by Crippen LogP contribution is 2.09. The van der Waals surface area contributed by atoms with Crippen molar-refractivity contribution in [3.05, 3.63) is 0 Å². The minimum Gasteiger partial charge on any atom is -0.338 e. The number of rotatable bonds is 3. The summed E-state index contributed by atoms with van der Waals surface area (Å²) in [6, 6.07) is 0.0153. The number of carbonyl (C=O) groups excluding carboxylic acids is 1. The van der Waals surface area contributed by atoms with Crippen LogP contribution in [0, 0.1) is 0 Å².